The first-order valence-corrected chi connectivity index (χ1v) is 7.57. The third-order valence-electron chi connectivity index (χ3n) is 4.04. The predicted molar refractivity (Wildman–Crippen MR) is 89.2 cm³/mol. The van der Waals surface area contributed by atoms with E-state index in [1.54, 1.807) is 23.0 Å². The normalized spacial score (nSPS) is 12.0. The van der Waals surface area contributed by atoms with Crippen molar-refractivity contribution in [3.05, 3.63) is 78.1 Å². The van der Waals surface area contributed by atoms with Gasteiger partial charge in [-0.2, -0.15) is 0 Å². The highest BCUT2D eigenvalue weighted by Crippen LogP contribution is 2.31. The highest BCUT2D eigenvalue weighted by Gasteiger charge is 2.19. The summed E-state index contributed by atoms with van der Waals surface area (Å²) >= 11 is 0. The number of carbonyl (C=O) groups excluding carboxylic acids is 1. The smallest absolute Gasteiger partial charge is 0.356 e. The van der Waals surface area contributed by atoms with Crippen LogP contribution in [-0.4, -0.2) is 22.6 Å². The molecule has 0 radical (unpaired) electrons. The van der Waals surface area contributed by atoms with Crippen molar-refractivity contribution in [2.45, 2.75) is 13.0 Å². The summed E-state index contributed by atoms with van der Waals surface area (Å²) < 4.78 is 19.8. The molecule has 0 aliphatic rings. The van der Waals surface area contributed by atoms with Crippen molar-refractivity contribution in [2.24, 2.45) is 0 Å². The molecule has 0 saturated heterocycles. The zero-order chi connectivity index (χ0) is 17.1. The number of halogens is 1. The Hall–Kier alpha value is -2.95. The molecule has 0 aliphatic heterocycles. The molecule has 0 fully saturated rings. The fourth-order valence-corrected chi connectivity index (χ4v) is 2.78. The van der Waals surface area contributed by atoms with Gasteiger partial charge in [0.1, 0.15) is 11.5 Å². The van der Waals surface area contributed by atoms with E-state index in [1.165, 1.54) is 25.4 Å². The van der Waals surface area contributed by atoms with Crippen LogP contribution in [0.25, 0.3) is 11.1 Å². The van der Waals surface area contributed by atoms with Crippen molar-refractivity contribution < 1.29 is 13.9 Å². The van der Waals surface area contributed by atoms with Crippen LogP contribution in [0.4, 0.5) is 4.39 Å². The quantitative estimate of drug-likeness (QED) is 0.679. The Morgan fingerprint density at radius 3 is 2.58 bits per heavy atom. The maximum Gasteiger partial charge on any atom is 0.356 e. The molecule has 0 aliphatic carbocycles. The molecule has 1 atom stereocenters. The van der Waals surface area contributed by atoms with Crippen LogP contribution < -0.4 is 0 Å². The highest BCUT2D eigenvalue weighted by atomic mass is 19.1. The lowest BCUT2D eigenvalue weighted by molar-refractivity contribution is 0.0587. The number of ether oxygens (including phenoxy) is 1. The lowest BCUT2D eigenvalue weighted by Crippen LogP contribution is -2.15. The molecule has 1 aromatic heterocycles. The van der Waals surface area contributed by atoms with E-state index in [2.05, 4.69) is 4.98 Å². The summed E-state index contributed by atoms with van der Waals surface area (Å²) in [5.74, 6) is -0.703. The third-order valence-corrected chi connectivity index (χ3v) is 4.04. The summed E-state index contributed by atoms with van der Waals surface area (Å²) in [6, 6.07) is 14.1. The monoisotopic (exact) mass is 324 g/mol. The molecule has 0 spiro atoms. The van der Waals surface area contributed by atoms with Crippen molar-refractivity contribution in [1.29, 1.82) is 0 Å². The van der Waals surface area contributed by atoms with Gasteiger partial charge in [-0.3, -0.25) is 0 Å². The maximum atomic E-state index is 13.2. The summed E-state index contributed by atoms with van der Waals surface area (Å²) in [5, 5.41) is 0. The maximum absolute atomic E-state index is 13.2. The highest BCUT2D eigenvalue weighted by molar-refractivity contribution is 5.87. The van der Waals surface area contributed by atoms with Crippen LogP contribution in [0.2, 0.25) is 0 Å². The number of rotatable bonds is 4. The van der Waals surface area contributed by atoms with E-state index in [1.807, 2.05) is 31.2 Å². The summed E-state index contributed by atoms with van der Waals surface area (Å²) in [5.41, 5.74) is 3.29. The number of benzene rings is 2. The first kappa shape index (κ1) is 15.9. The Morgan fingerprint density at radius 2 is 1.88 bits per heavy atom. The number of esters is 1. The molecule has 0 N–H and O–H groups in total. The van der Waals surface area contributed by atoms with Crippen LogP contribution in [-0.2, 0) is 4.74 Å². The summed E-state index contributed by atoms with van der Waals surface area (Å²) in [6.07, 6.45) is 3.10. The minimum absolute atomic E-state index is 0.136. The van der Waals surface area contributed by atoms with Crippen molar-refractivity contribution in [3.8, 4) is 11.1 Å². The van der Waals surface area contributed by atoms with Crippen molar-refractivity contribution >= 4 is 5.97 Å². The van der Waals surface area contributed by atoms with E-state index in [-0.39, 0.29) is 11.9 Å². The van der Waals surface area contributed by atoms with Crippen LogP contribution >= 0.6 is 0 Å². The molecule has 24 heavy (non-hydrogen) atoms. The van der Waals surface area contributed by atoms with E-state index in [0.29, 0.717) is 5.69 Å². The Bertz CT molecular complexity index is 856. The molecular formula is C19H17FN2O2. The van der Waals surface area contributed by atoms with E-state index >= 15 is 0 Å². The number of aromatic nitrogens is 2. The molecule has 4 nitrogen and oxygen atoms in total. The molecule has 0 bridgehead atoms. The topological polar surface area (TPSA) is 44.1 Å². The molecule has 5 heteroatoms. The van der Waals surface area contributed by atoms with E-state index in [4.69, 9.17) is 4.74 Å². The van der Waals surface area contributed by atoms with Gasteiger partial charge in [0.2, 0.25) is 0 Å². The van der Waals surface area contributed by atoms with Gasteiger partial charge in [-0.05, 0) is 35.7 Å². The third kappa shape index (κ3) is 2.93. The minimum Gasteiger partial charge on any atom is -0.464 e. The predicted octanol–water partition coefficient (Wildman–Crippen LogP) is 4.09. The van der Waals surface area contributed by atoms with E-state index in [9.17, 15) is 9.18 Å². The van der Waals surface area contributed by atoms with Gasteiger partial charge in [0, 0.05) is 0 Å². The van der Waals surface area contributed by atoms with Gasteiger partial charge in [0.15, 0.2) is 0 Å². The molecular weight excluding hydrogens is 307 g/mol. The van der Waals surface area contributed by atoms with Crippen molar-refractivity contribution in [2.75, 3.05) is 7.11 Å². The summed E-state index contributed by atoms with van der Waals surface area (Å²) in [7, 11) is 1.34. The van der Waals surface area contributed by atoms with Gasteiger partial charge in [-0.1, -0.05) is 36.4 Å². The van der Waals surface area contributed by atoms with Gasteiger partial charge in [0.05, 0.1) is 25.7 Å². The van der Waals surface area contributed by atoms with Crippen LogP contribution in [0.5, 0.6) is 0 Å². The van der Waals surface area contributed by atoms with Crippen LogP contribution in [0.15, 0.2) is 61.1 Å². The zero-order valence-electron chi connectivity index (χ0n) is 13.4. The second-order valence-corrected chi connectivity index (χ2v) is 5.45. The van der Waals surface area contributed by atoms with E-state index in [0.717, 1.165) is 16.7 Å². The first-order valence-electron chi connectivity index (χ1n) is 7.57. The molecule has 1 heterocycles. The lowest BCUT2D eigenvalue weighted by atomic mass is 9.95. The molecule has 3 aromatic rings. The number of hydrogen-bond donors (Lipinski definition) is 0. The number of carbonyl (C=O) groups is 1. The molecule has 2 aromatic carbocycles. The molecule has 3 rings (SSSR count). The van der Waals surface area contributed by atoms with Crippen molar-refractivity contribution in [1.82, 2.24) is 9.55 Å². The molecule has 1 unspecified atom stereocenters. The Labute approximate surface area is 139 Å². The second kappa shape index (κ2) is 6.66. The van der Waals surface area contributed by atoms with Gasteiger partial charge in [-0.25, -0.2) is 14.2 Å². The van der Waals surface area contributed by atoms with Crippen molar-refractivity contribution in [3.63, 3.8) is 0 Å². The van der Waals surface area contributed by atoms with Gasteiger partial charge in [-0.15, -0.1) is 0 Å². The van der Waals surface area contributed by atoms with Gasteiger partial charge in [0.25, 0.3) is 0 Å². The largest absolute Gasteiger partial charge is 0.464 e. The first-order chi connectivity index (χ1) is 11.6. The average Bonchev–Trinajstić information content (AvgIpc) is 3.11. The van der Waals surface area contributed by atoms with Gasteiger partial charge >= 0.3 is 5.97 Å². The van der Waals surface area contributed by atoms with E-state index < -0.39 is 5.97 Å². The number of nitrogens with zero attached hydrogens (tertiary/aromatic N) is 2. The fraction of sp³-hybridized carbons (Fsp3) is 0.158. The van der Waals surface area contributed by atoms with Crippen LogP contribution in [0, 0.1) is 5.82 Å². The standard InChI is InChI=1S/C19H17FN2O2/c1-13(22-12-21-11-18(22)19(23)24-2)16-5-3-4-6-17(16)14-7-9-15(20)10-8-14/h3-13H,1-2H3. The summed E-state index contributed by atoms with van der Waals surface area (Å²) in [6.45, 7) is 1.98. The van der Waals surface area contributed by atoms with Crippen LogP contribution in [0.1, 0.15) is 29.0 Å². The Kier molecular flexibility index (Phi) is 4.42. The minimum atomic E-state index is -0.432. The molecule has 122 valence electrons. The average molecular weight is 324 g/mol. The Morgan fingerprint density at radius 1 is 1.17 bits per heavy atom. The number of imidazole rings is 1. The number of hydrogen-bond acceptors (Lipinski definition) is 3. The van der Waals surface area contributed by atoms with Gasteiger partial charge < -0.3 is 9.30 Å². The molecule has 0 saturated carbocycles. The second-order valence-electron chi connectivity index (χ2n) is 5.45. The SMILES string of the molecule is COC(=O)c1cncn1C(C)c1ccccc1-c1ccc(F)cc1. The summed E-state index contributed by atoms with van der Waals surface area (Å²) in [4.78, 5) is 16.0. The number of methoxy groups -OCH3 is 1. The van der Waals surface area contributed by atoms with Crippen LogP contribution in [0.3, 0.4) is 0 Å². The fourth-order valence-electron chi connectivity index (χ4n) is 2.78. The Balaban J connectivity index is 2.06. The molecule has 0 amide bonds. The lowest BCUT2D eigenvalue weighted by Gasteiger charge is -2.19. The zero-order valence-corrected chi connectivity index (χ0v) is 13.4.